The Kier molecular flexibility index (Phi) is 5.03. The van der Waals surface area contributed by atoms with Gasteiger partial charge < -0.3 is 4.57 Å². The largest absolute Gasteiger partial charge is 0.318 e. The van der Waals surface area contributed by atoms with Gasteiger partial charge in [0.25, 0.3) is 0 Å². The molecule has 0 amide bonds. The number of hydrogen-bond donors (Lipinski definition) is 0. The Hall–Kier alpha value is -3.12. The van der Waals surface area contributed by atoms with E-state index in [9.17, 15) is 9.65 Å². The number of halogens is 1. The summed E-state index contributed by atoms with van der Waals surface area (Å²) in [7, 11) is 0. The van der Waals surface area contributed by atoms with Gasteiger partial charge in [-0.25, -0.2) is 4.39 Å². The number of hydrogen-bond acceptors (Lipinski definition) is 1. The Morgan fingerprint density at radius 1 is 0.941 bits per heavy atom. The highest BCUT2D eigenvalue weighted by molar-refractivity contribution is 5.90. The van der Waals surface area contributed by atoms with Gasteiger partial charge in [0.05, 0.1) is 11.6 Å². The molecule has 4 bridgehead atoms. The second kappa shape index (κ2) is 7.98. The van der Waals surface area contributed by atoms with E-state index in [-0.39, 0.29) is 5.82 Å². The Morgan fingerprint density at radius 2 is 1.53 bits per heavy atom. The molecule has 0 unspecified atom stereocenters. The van der Waals surface area contributed by atoms with Crippen LogP contribution in [0.25, 0.3) is 17.3 Å². The van der Waals surface area contributed by atoms with Crippen molar-refractivity contribution in [2.24, 2.45) is 17.8 Å². The molecular formula is C31H31FN2. The molecular weight excluding hydrogens is 419 g/mol. The van der Waals surface area contributed by atoms with Gasteiger partial charge in [0.2, 0.25) is 0 Å². The van der Waals surface area contributed by atoms with Gasteiger partial charge in [-0.1, -0.05) is 24.3 Å². The first-order valence-electron chi connectivity index (χ1n) is 12.6. The normalized spacial score (nSPS) is 27.7. The van der Waals surface area contributed by atoms with E-state index in [1.165, 1.54) is 56.3 Å². The third-order valence-electron chi connectivity index (χ3n) is 8.82. The summed E-state index contributed by atoms with van der Waals surface area (Å²) in [6, 6.07) is 19.9. The molecule has 34 heavy (non-hydrogen) atoms. The number of aryl methyl sites for hydroxylation is 1. The SMILES string of the molecule is Cc1cc(/C=C(/C#N)c2ccc(F)cc2)c(C)n1-c1ccc(C23CC4CC(CC(C4)C2)C3)cc1. The lowest BCUT2D eigenvalue weighted by Crippen LogP contribution is -2.48. The zero-order valence-electron chi connectivity index (χ0n) is 20.0. The molecule has 2 aromatic carbocycles. The monoisotopic (exact) mass is 450 g/mol. The van der Waals surface area contributed by atoms with Gasteiger partial charge in [0.1, 0.15) is 5.82 Å². The Bertz CT molecular complexity index is 1270. The Labute approximate surface area is 201 Å². The van der Waals surface area contributed by atoms with E-state index in [4.69, 9.17) is 0 Å². The minimum Gasteiger partial charge on any atom is -0.318 e. The van der Waals surface area contributed by atoms with Crippen LogP contribution in [-0.4, -0.2) is 4.57 Å². The first-order chi connectivity index (χ1) is 16.4. The van der Waals surface area contributed by atoms with Crippen molar-refractivity contribution >= 4 is 11.6 Å². The fourth-order valence-corrected chi connectivity index (χ4v) is 7.72. The maximum Gasteiger partial charge on any atom is 0.123 e. The van der Waals surface area contributed by atoms with Crippen LogP contribution in [0.1, 0.15) is 66.6 Å². The van der Waals surface area contributed by atoms with Crippen molar-refractivity contribution in [2.75, 3.05) is 0 Å². The smallest absolute Gasteiger partial charge is 0.123 e. The van der Waals surface area contributed by atoms with Gasteiger partial charge in [0, 0.05) is 17.1 Å². The molecule has 3 heteroatoms. The zero-order chi connectivity index (χ0) is 23.4. The van der Waals surface area contributed by atoms with Crippen LogP contribution in [0.4, 0.5) is 4.39 Å². The molecule has 4 aliphatic rings. The van der Waals surface area contributed by atoms with Crippen molar-refractivity contribution < 1.29 is 4.39 Å². The average molecular weight is 451 g/mol. The standard InChI is InChI=1S/C31H31FN2/c1-20-11-26(15-27(19-33)25-3-7-29(32)8-4-25)21(2)34(20)30-9-5-28(6-10-30)31-16-22-12-23(17-31)14-24(13-22)18-31/h3-11,15,22-24H,12-14,16-18H2,1-2H3/b27-15-. The van der Waals surface area contributed by atoms with Gasteiger partial charge >= 0.3 is 0 Å². The minimum atomic E-state index is -0.295. The number of nitrogens with zero attached hydrogens (tertiary/aromatic N) is 2. The van der Waals surface area contributed by atoms with Crippen LogP contribution in [0.2, 0.25) is 0 Å². The molecule has 0 N–H and O–H groups in total. The minimum absolute atomic E-state index is 0.295. The van der Waals surface area contributed by atoms with Gasteiger partial charge in [-0.15, -0.1) is 0 Å². The van der Waals surface area contributed by atoms with Crippen molar-refractivity contribution in [3.63, 3.8) is 0 Å². The highest BCUT2D eigenvalue weighted by atomic mass is 19.1. The summed E-state index contributed by atoms with van der Waals surface area (Å²) < 4.78 is 15.6. The van der Waals surface area contributed by atoms with Crippen molar-refractivity contribution in [2.45, 2.75) is 57.8 Å². The first-order valence-corrected chi connectivity index (χ1v) is 12.6. The van der Waals surface area contributed by atoms with E-state index < -0.39 is 0 Å². The predicted molar refractivity (Wildman–Crippen MR) is 135 cm³/mol. The van der Waals surface area contributed by atoms with Gasteiger partial charge in [0.15, 0.2) is 0 Å². The van der Waals surface area contributed by atoms with Crippen molar-refractivity contribution in [1.82, 2.24) is 4.57 Å². The van der Waals surface area contributed by atoms with Gasteiger partial charge in [-0.3, -0.25) is 0 Å². The first kappa shape index (κ1) is 21.4. The number of allylic oxidation sites excluding steroid dienone is 1. The highest BCUT2D eigenvalue weighted by Gasteiger charge is 2.51. The van der Waals surface area contributed by atoms with Crippen LogP contribution >= 0.6 is 0 Å². The van der Waals surface area contributed by atoms with E-state index in [0.29, 0.717) is 11.0 Å². The summed E-state index contributed by atoms with van der Waals surface area (Å²) >= 11 is 0. The fraction of sp³-hybridized carbons (Fsp3) is 0.387. The molecule has 172 valence electrons. The quantitative estimate of drug-likeness (QED) is 0.373. The van der Waals surface area contributed by atoms with E-state index in [0.717, 1.165) is 40.3 Å². The molecule has 4 fully saturated rings. The number of rotatable bonds is 4. The van der Waals surface area contributed by atoms with Crippen LogP contribution < -0.4 is 0 Å². The molecule has 0 saturated heterocycles. The van der Waals surface area contributed by atoms with Crippen LogP contribution in [0.3, 0.4) is 0 Å². The predicted octanol–water partition coefficient (Wildman–Crippen LogP) is 7.77. The number of aromatic nitrogens is 1. The second-order valence-electron chi connectivity index (χ2n) is 11.1. The lowest BCUT2D eigenvalue weighted by atomic mass is 9.48. The third-order valence-corrected chi connectivity index (χ3v) is 8.82. The third kappa shape index (κ3) is 3.52. The zero-order valence-corrected chi connectivity index (χ0v) is 20.0. The van der Waals surface area contributed by atoms with Crippen molar-refractivity contribution in [3.05, 3.63) is 88.5 Å². The van der Waals surface area contributed by atoms with Crippen LogP contribution in [0, 0.1) is 48.7 Å². The molecule has 0 atom stereocenters. The summed E-state index contributed by atoms with van der Waals surface area (Å²) in [6.45, 7) is 4.22. The van der Waals surface area contributed by atoms with E-state index >= 15 is 0 Å². The van der Waals surface area contributed by atoms with Crippen LogP contribution in [-0.2, 0) is 5.41 Å². The Morgan fingerprint density at radius 3 is 2.09 bits per heavy atom. The summed E-state index contributed by atoms with van der Waals surface area (Å²) in [5.41, 5.74) is 7.66. The lowest BCUT2D eigenvalue weighted by molar-refractivity contribution is -0.00518. The van der Waals surface area contributed by atoms with E-state index in [2.05, 4.69) is 54.8 Å². The molecule has 4 aliphatic carbocycles. The molecule has 4 saturated carbocycles. The maximum atomic E-state index is 13.3. The molecule has 3 aromatic rings. The summed E-state index contributed by atoms with van der Waals surface area (Å²) in [5, 5.41) is 9.72. The Balaban J connectivity index is 1.31. The molecule has 7 rings (SSSR count). The fourth-order valence-electron chi connectivity index (χ4n) is 7.72. The van der Waals surface area contributed by atoms with Gasteiger partial charge in [-0.05, 0) is 129 Å². The highest BCUT2D eigenvalue weighted by Crippen LogP contribution is 2.60. The van der Waals surface area contributed by atoms with Crippen molar-refractivity contribution in [3.8, 4) is 11.8 Å². The maximum absolute atomic E-state index is 13.3. The average Bonchev–Trinajstić information content (AvgIpc) is 3.10. The van der Waals surface area contributed by atoms with Crippen molar-refractivity contribution in [1.29, 1.82) is 5.26 Å². The molecule has 1 heterocycles. The summed E-state index contributed by atoms with van der Waals surface area (Å²) in [4.78, 5) is 0. The number of benzene rings is 2. The van der Waals surface area contributed by atoms with E-state index in [1.54, 1.807) is 17.7 Å². The summed E-state index contributed by atoms with van der Waals surface area (Å²) in [6.07, 6.45) is 10.5. The second-order valence-corrected chi connectivity index (χ2v) is 11.1. The molecule has 1 aromatic heterocycles. The van der Waals surface area contributed by atoms with E-state index in [1.807, 2.05) is 6.08 Å². The van der Waals surface area contributed by atoms with Crippen LogP contribution in [0.15, 0.2) is 54.6 Å². The van der Waals surface area contributed by atoms with Gasteiger partial charge in [-0.2, -0.15) is 5.26 Å². The topological polar surface area (TPSA) is 28.7 Å². The molecule has 0 aliphatic heterocycles. The summed E-state index contributed by atoms with van der Waals surface area (Å²) in [5.74, 6) is 2.55. The molecule has 0 spiro atoms. The molecule has 0 radical (unpaired) electrons. The number of nitriles is 1. The molecule has 2 nitrogen and oxygen atoms in total. The van der Waals surface area contributed by atoms with Crippen LogP contribution in [0.5, 0.6) is 0 Å². The lowest BCUT2D eigenvalue weighted by Gasteiger charge is -2.57.